The molecule has 0 spiro atoms. The molecular weight excluding hydrogens is 695 g/mol. The molecule has 8 aromatic carbocycles. The van der Waals surface area contributed by atoms with Crippen LogP contribution in [0.1, 0.15) is 0 Å². The van der Waals surface area contributed by atoms with Crippen molar-refractivity contribution >= 4 is 43.6 Å². The van der Waals surface area contributed by atoms with Crippen LogP contribution < -0.4 is 0 Å². The summed E-state index contributed by atoms with van der Waals surface area (Å²) in [6.45, 7) is 0. The molecule has 0 fully saturated rings. The van der Waals surface area contributed by atoms with Gasteiger partial charge in [-0.3, -0.25) is 0 Å². The van der Waals surface area contributed by atoms with Gasteiger partial charge in [-0.15, -0.1) is 0 Å². The molecule has 0 amide bonds. The minimum atomic E-state index is 0.690. The third-order valence-electron chi connectivity index (χ3n) is 10.9. The highest BCUT2D eigenvalue weighted by Crippen LogP contribution is 2.42. The van der Waals surface area contributed by atoms with Gasteiger partial charge in [0.1, 0.15) is 11.2 Å². The molecule has 0 saturated carbocycles. The van der Waals surface area contributed by atoms with E-state index >= 15 is 0 Å². The predicted molar refractivity (Wildman–Crippen MR) is 235 cm³/mol. The molecule has 4 heteroatoms. The van der Waals surface area contributed by atoms with Crippen LogP contribution in [-0.2, 0) is 0 Å². The molecule has 0 aliphatic carbocycles. The van der Waals surface area contributed by atoms with Gasteiger partial charge in [-0.25, -0.2) is 15.0 Å². The van der Waals surface area contributed by atoms with E-state index in [1.807, 2.05) is 36.4 Å². The lowest BCUT2D eigenvalue weighted by molar-refractivity contribution is 0.672. The number of hydrogen-bond donors (Lipinski definition) is 0. The summed E-state index contributed by atoms with van der Waals surface area (Å²) in [6, 6.07) is 69.6. The van der Waals surface area contributed by atoms with Crippen LogP contribution in [-0.4, -0.2) is 15.0 Å². The maximum Gasteiger partial charge on any atom is 0.160 e. The molecule has 0 aliphatic heterocycles. The average molecular weight is 728 g/mol. The number of benzene rings is 8. The Balaban J connectivity index is 0.999. The van der Waals surface area contributed by atoms with Crippen LogP contribution in [0.2, 0.25) is 0 Å². The molecule has 0 radical (unpaired) electrons. The van der Waals surface area contributed by atoms with Crippen molar-refractivity contribution in [3.05, 3.63) is 200 Å². The van der Waals surface area contributed by atoms with Crippen LogP contribution in [0, 0.1) is 0 Å². The van der Waals surface area contributed by atoms with Gasteiger partial charge in [0, 0.05) is 33.0 Å². The molecule has 266 valence electrons. The monoisotopic (exact) mass is 727 g/mol. The molecule has 0 aliphatic rings. The van der Waals surface area contributed by atoms with Gasteiger partial charge in [0.2, 0.25) is 0 Å². The number of rotatable bonds is 6. The van der Waals surface area contributed by atoms with Crippen LogP contribution in [0.5, 0.6) is 0 Å². The van der Waals surface area contributed by atoms with Crippen molar-refractivity contribution < 1.29 is 4.42 Å². The Labute approximate surface area is 329 Å². The van der Waals surface area contributed by atoms with E-state index in [-0.39, 0.29) is 0 Å². The van der Waals surface area contributed by atoms with Crippen molar-refractivity contribution in [2.24, 2.45) is 0 Å². The molecule has 4 nitrogen and oxygen atoms in total. The number of furan rings is 1. The molecule has 0 atom stereocenters. The molecule has 0 bridgehead atoms. The van der Waals surface area contributed by atoms with Crippen molar-refractivity contribution in [1.29, 1.82) is 0 Å². The Morgan fingerprint density at radius 1 is 0.351 bits per heavy atom. The Morgan fingerprint density at radius 3 is 1.65 bits per heavy atom. The first-order chi connectivity index (χ1) is 28.2. The molecule has 0 N–H and O–H groups in total. The summed E-state index contributed by atoms with van der Waals surface area (Å²) in [5.74, 6) is 0.690. The lowest BCUT2D eigenvalue weighted by Crippen LogP contribution is -1.96. The highest BCUT2D eigenvalue weighted by molar-refractivity contribution is 6.21. The first-order valence-corrected chi connectivity index (χ1v) is 19.2. The van der Waals surface area contributed by atoms with Crippen LogP contribution in [0.3, 0.4) is 0 Å². The predicted octanol–water partition coefficient (Wildman–Crippen LogP) is 14.1. The van der Waals surface area contributed by atoms with Crippen LogP contribution in [0.25, 0.3) is 111 Å². The topological polar surface area (TPSA) is 51.8 Å². The fourth-order valence-corrected chi connectivity index (χ4v) is 8.03. The first-order valence-electron chi connectivity index (χ1n) is 19.2. The van der Waals surface area contributed by atoms with E-state index in [4.69, 9.17) is 19.4 Å². The van der Waals surface area contributed by atoms with Gasteiger partial charge in [-0.2, -0.15) is 0 Å². The lowest BCUT2D eigenvalue weighted by Gasteiger charge is -2.12. The lowest BCUT2D eigenvalue weighted by atomic mass is 9.96. The summed E-state index contributed by atoms with van der Waals surface area (Å²) >= 11 is 0. The molecule has 3 aromatic heterocycles. The number of nitrogens with zero attached hydrogens (tertiary/aromatic N) is 3. The maximum atomic E-state index is 6.68. The van der Waals surface area contributed by atoms with Gasteiger partial charge in [0.25, 0.3) is 0 Å². The molecule has 11 rings (SSSR count). The summed E-state index contributed by atoms with van der Waals surface area (Å²) < 4.78 is 6.68. The minimum Gasteiger partial charge on any atom is -0.455 e. The van der Waals surface area contributed by atoms with Gasteiger partial charge in [-0.1, -0.05) is 176 Å². The molecular formula is C53H33N3O. The van der Waals surface area contributed by atoms with Crippen LogP contribution in [0.4, 0.5) is 0 Å². The fraction of sp³-hybridized carbons (Fsp3) is 0. The largest absolute Gasteiger partial charge is 0.455 e. The fourth-order valence-electron chi connectivity index (χ4n) is 8.03. The van der Waals surface area contributed by atoms with Gasteiger partial charge in [0.15, 0.2) is 5.82 Å². The summed E-state index contributed by atoms with van der Waals surface area (Å²) in [5.41, 5.74) is 13.9. The highest BCUT2D eigenvalue weighted by Gasteiger charge is 2.20. The van der Waals surface area contributed by atoms with Crippen molar-refractivity contribution in [2.75, 3.05) is 0 Å². The second-order valence-electron chi connectivity index (χ2n) is 14.4. The zero-order valence-corrected chi connectivity index (χ0v) is 30.8. The Kier molecular flexibility index (Phi) is 7.78. The zero-order valence-electron chi connectivity index (χ0n) is 30.8. The van der Waals surface area contributed by atoms with Gasteiger partial charge in [0.05, 0.1) is 28.0 Å². The van der Waals surface area contributed by atoms with Crippen molar-refractivity contribution in [1.82, 2.24) is 15.0 Å². The standard InChI is InChI=1S/C53H33N3O/c1-3-12-34(13-4-1)35-24-28-40(29-25-35)53-55-47(38-15-5-2-6-16-38)33-48(56-53)39-26-22-36(23-27-39)41-30-31-46-45(32-41)52-50(44-19-9-10-21-49(44)57-52)51(54-46)43-20-11-17-37-14-7-8-18-42(37)43/h1-33H. The second-order valence-corrected chi connectivity index (χ2v) is 14.4. The van der Waals surface area contributed by atoms with Crippen molar-refractivity contribution in [3.8, 4) is 67.4 Å². The zero-order chi connectivity index (χ0) is 37.7. The van der Waals surface area contributed by atoms with E-state index in [2.05, 4.69) is 164 Å². The maximum absolute atomic E-state index is 6.68. The summed E-state index contributed by atoms with van der Waals surface area (Å²) in [7, 11) is 0. The van der Waals surface area contributed by atoms with E-state index in [1.165, 1.54) is 16.3 Å². The molecule has 0 unspecified atom stereocenters. The van der Waals surface area contributed by atoms with Crippen LogP contribution >= 0.6 is 0 Å². The van der Waals surface area contributed by atoms with E-state index in [0.717, 1.165) is 88.9 Å². The van der Waals surface area contributed by atoms with Crippen molar-refractivity contribution in [2.45, 2.75) is 0 Å². The van der Waals surface area contributed by atoms with Gasteiger partial charge >= 0.3 is 0 Å². The van der Waals surface area contributed by atoms with E-state index < -0.39 is 0 Å². The number of para-hydroxylation sites is 1. The summed E-state index contributed by atoms with van der Waals surface area (Å²) in [4.78, 5) is 15.5. The molecule has 3 heterocycles. The highest BCUT2D eigenvalue weighted by atomic mass is 16.3. The Hall–Kier alpha value is -7.69. The summed E-state index contributed by atoms with van der Waals surface area (Å²) in [6.07, 6.45) is 0. The van der Waals surface area contributed by atoms with Gasteiger partial charge in [-0.05, 0) is 57.3 Å². The first kappa shape index (κ1) is 32.7. The van der Waals surface area contributed by atoms with Crippen molar-refractivity contribution in [3.63, 3.8) is 0 Å². The van der Waals surface area contributed by atoms with Crippen LogP contribution in [0.15, 0.2) is 205 Å². The third kappa shape index (κ3) is 5.83. The number of fused-ring (bicyclic) bond motifs is 6. The average Bonchev–Trinajstić information content (AvgIpc) is 3.69. The second kappa shape index (κ2) is 13.6. The third-order valence-corrected chi connectivity index (χ3v) is 10.9. The quantitative estimate of drug-likeness (QED) is 0.171. The normalized spacial score (nSPS) is 11.5. The van der Waals surface area contributed by atoms with E-state index in [1.54, 1.807) is 0 Å². The Morgan fingerprint density at radius 2 is 0.895 bits per heavy atom. The minimum absolute atomic E-state index is 0.690. The smallest absolute Gasteiger partial charge is 0.160 e. The summed E-state index contributed by atoms with van der Waals surface area (Å²) in [5, 5.41) is 5.43. The molecule has 57 heavy (non-hydrogen) atoms. The van der Waals surface area contributed by atoms with E-state index in [9.17, 15) is 0 Å². The van der Waals surface area contributed by atoms with Gasteiger partial charge < -0.3 is 4.42 Å². The SMILES string of the molecule is c1ccc(-c2ccc(-c3nc(-c4ccccc4)cc(-c4ccc(-c5ccc6nc(-c7cccc8ccccc78)c7c8ccccc8oc7c6c5)cc4)n3)cc2)cc1. The van der Waals surface area contributed by atoms with E-state index in [0.29, 0.717) is 5.82 Å². The number of hydrogen-bond acceptors (Lipinski definition) is 4. The number of aromatic nitrogens is 3. The molecule has 0 saturated heterocycles. The Bertz CT molecular complexity index is 3260. The number of pyridine rings is 1. The molecule has 11 aromatic rings.